The molecule has 1 fully saturated rings. The van der Waals surface area contributed by atoms with Gasteiger partial charge in [0.2, 0.25) is 5.91 Å². The van der Waals surface area contributed by atoms with Gasteiger partial charge in [0.05, 0.1) is 11.0 Å². The summed E-state index contributed by atoms with van der Waals surface area (Å²) >= 11 is 0. The largest absolute Gasteiger partial charge is 0.348 e. The average molecular weight is 325 g/mol. The molecule has 2 aliphatic rings. The monoisotopic (exact) mass is 325 g/mol. The number of nitro benzene ring substituents is 1. The molecule has 6 heteroatoms. The lowest BCUT2D eigenvalue weighted by molar-refractivity contribution is -0.384. The third-order valence-electron chi connectivity index (χ3n) is 5.20. The highest BCUT2D eigenvalue weighted by molar-refractivity contribution is 5.80. The Bertz CT molecular complexity index is 777. The molecular weight excluding hydrogens is 306 g/mol. The van der Waals surface area contributed by atoms with Crippen molar-refractivity contribution in [3.8, 4) is 0 Å². The van der Waals surface area contributed by atoms with Crippen molar-refractivity contribution >= 4 is 11.6 Å². The summed E-state index contributed by atoms with van der Waals surface area (Å²) in [5.41, 5.74) is 2.07. The topological polar surface area (TPSA) is 68.4 Å². The Morgan fingerprint density at radius 3 is 2.50 bits per heavy atom. The van der Waals surface area contributed by atoms with Gasteiger partial charge in [-0.1, -0.05) is 6.42 Å². The quantitative estimate of drug-likeness (QED) is 0.643. The van der Waals surface area contributed by atoms with Gasteiger partial charge in [0.15, 0.2) is 0 Å². The number of nitrogens with zero attached hydrogens (tertiary/aromatic N) is 3. The molecule has 0 radical (unpaired) electrons. The Hall–Kier alpha value is -2.63. The zero-order valence-electron chi connectivity index (χ0n) is 13.3. The lowest BCUT2D eigenvalue weighted by atomic mass is 9.83. The zero-order chi connectivity index (χ0) is 16.7. The second-order valence-corrected chi connectivity index (χ2v) is 6.54. The second-order valence-electron chi connectivity index (χ2n) is 6.54. The van der Waals surface area contributed by atoms with Crippen molar-refractivity contribution in [2.45, 2.75) is 31.8 Å². The number of non-ortho nitro benzene ring substituents is 1. The van der Waals surface area contributed by atoms with E-state index in [-0.39, 0.29) is 23.6 Å². The Kier molecular flexibility index (Phi) is 3.59. The predicted octanol–water partition coefficient (Wildman–Crippen LogP) is 3.13. The van der Waals surface area contributed by atoms with Crippen molar-refractivity contribution in [3.63, 3.8) is 0 Å². The van der Waals surface area contributed by atoms with Crippen LogP contribution in [-0.4, -0.2) is 26.8 Å². The van der Waals surface area contributed by atoms with Crippen molar-refractivity contribution in [3.05, 3.63) is 64.0 Å². The van der Waals surface area contributed by atoms with E-state index in [4.69, 9.17) is 0 Å². The Morgan fingerprint density at radius 1 is 1.12 bits per heavy atom. The van der Waals surface area contributed by atoms with Gasteiger partial charge in [-0.3, -0.25) is 14.9 Å². The van der Waals surface area contributed by atoms with Crippen LogP contribution in [0.5, 0.6) is 0 Å². The van der Waals surface area contributed by atoms with Crippen LogP contribution in [0.1, 0.15) is 36.6 Å². The molecule has 1 saturated carbocycles. The molecule has 2 heterocycles. The lowest BCUT2D eigenvalue weighted by Gasteiger charge is -2.40. The van der Waals surface area contributed by atoms with Gasteiger partial charge < -0.3 is 9.47 Å². The van der Waals surface area contributed by atoms with E-state index in [9.17, 15) is 14.9 Å². The summed E-state index contributed by atoms with van der Waals surface area (Å²) in [4.78, 5) is 25.3. The van der Waals surface area contributed by atoms with Gasteiger partial charge in [0.25, 0.3) is 5.69 Å². The minimum absolute atomic E-state index is 0.0711. The summed E-state index contributed by atoms with van der Waals surface area (Å²) in [7, 11) is 0. The number of carbonyl (C=O) groups excluding carboxylic acids is 1. The highest BCUT2D eigenvalue weighted by Crippen LogP contribution is 2.37. The number of carbonyl (C=O) groups is 1. The van der Waals surface area contributed by atoms with Crippen LogP contribution in [0.25, 0.3) is 0 Å². The van der Waals surface area contributed by atoms with Crippen molar-refractivity contribution in [2.75, 3.05) is 6.54 Å². The fourth-order valence-corrected chi connectivity index (χ4v) is 3.64. The van der Waals surface area contributed by atoms with Gasteiger partial charge in [-0.2, -0.15) is 0 Å². The van der Waals surface area contributed by atoms with Crippen LogP contribution in [0.2, 0.25) is 0 Å². The van der Waals surface area contributed by atoms with E-state index in [0.29, 0.717) is 6.54 Å². The molecule has 124 valence electrons. The SMILES string of the molecule is O=C(C1CCC1)N1CCn2cccc2C1c1ccc([N+](=O)[O-])cc1. The molecule has 1 atom stereocenters. The van der Waals surface area contributed by atoms with Crippen LogP contribution in [0, 0.1) is 16.0 Å². The van der Waals surface area contributed by atoms with Gasteiger partial charge in [-0.25, -0.2) is 0 Å². The smallest absolute Gasteiger partial charge is 0.269 e. The van der Waals surface area contributed by atoms with Crippen molar-refractivity contribution in [1.82, 2.24) is 9.47 Å². The highest BCUT2D eigenvalue weighted by Gasteiger charge is 2.37. The van der Waals surface area contributed by atoms with Crippen molar-refractivity contribution in [1.29, 1.82) is 0 Å². The molecule has 4 rings (SSSR count). The minimum Gasteiger partial charge on any atom is -0.348 e. The van der Waals surface area contributed by atoms with Gasteiger partial charge in [0, 0.05) is 43.0 Å². The molecule has 0 saturated heterocycles. The number of amides is 1. The second kappa shape index (κ2) is 5.78. The van der Waals surface area contributed by atoms with Crippen LogP contribution in [-0.2, 0) is 11.3 Å². The van der Waals surface area contributed by atoms with E-state index in [1.165, 1.54) is 12.1 Å². The van der Waals surface area contributed by atoms with Gasteiger partial charge >= 0.3 is 0 Å². The molecule has 0 N–H and O–H groups in total. The maximum absolute atomic E-state index is 12.9. The van der Waals surface area contributed by atoms with Crippen molar-refractivity contribution < 1.29 is 9.72 Å². The number of nitro groups is 1. The van der Waals surface area contributed by atoms with Gasteiger partial charge in [-0.05, 0) is 42.7 Å². The van der Waals surface area contributed by atoms with E-state index in [2.05, 4.69) is 4.57 Å². The molecule has 24 heavy (non-hydrogen) atoms. The van der Waals surface area contributed by atoms with Gasteiger partial charge in [-0.15, -0.1) is 0 Å². The maximum Gasteiger partial charge on any atom is 0.269 e. The molecular formula is C18H19N3O3. The third kappa shape index (κ3) is 2.38. The Balaban J connectivity index is 1.72. The molecule has 1 aliphatic carbocycles. The molecule has 0 bridgehead atoms. The summed E-state index contributed by atoms with van der Waals surface area (Å²) in [6.45, 7) is 1.48. The normalized spacial score (nSPS) is 20.3. The van der Waals surface area contributed by atoms with Crippen LogP contribution in [0.15, 0.2) is 42.6 Å². The number of fused-ring (bicyclic) bond motifs is 1. The van der Waals surface area contributed by atoms with Crippen molar-refractivity contribution in [2.24, 2.45) is 5.92 Å². The maximum atomic E-state index is 12.9. The summed E-state index contributed by atoms with van der Waals surface area (Å²) in [5, 5.41) is 10.9. The number of benzene rings is 1. The third-order valence-corrected chi connectivity index (χ3v) is 5.20. The fraction of sp³-hybridized carbons (Fsp3) is 0.389. The summed E-state index contributed by atoms with van der Waals surface area (Å²) < 4.78 is 2.16. The summed E-state index contributed by atoms with van der Waals surface area (Å²) in [6.07, 6.45) is 5.11. The highest BCUT2D eigenvalue weighted by atomic mass is 16.6. The molecule has 1 aromatic heterocycles. The Labute approximate surface area is 139 Å². The van der Waals surface area contributed by atoms with Crippen LogP contribution < -0.4 is 0 Å². The number of rotatable bonds is 3. The van der Waals surface area contributed by atoms with Crippen LogP contribution in [0.4, 0.5) is 5.69 Å². The van der Waals surface area contributed by atoms with E-state index >= 15 is 0 Å². The fourth-order valence-electron chi connectivity index (χ4n) is 3.64. The van der Waals surface area contributed by atoms with Crippen LogP contribution >= 0.6 is 0 Å². The number of aromatic nitrogens is 1. The molecule has 1 amide bonds. The first-order valence-corrected chi connectivity index (χ1v) is 8.35. The molecule has 6 nitrogen and oxygen atoms in total. The molecule has 0 spiro atoms. The summed E-state index contributed by atoms with van der Waals surface area (Å²) in [6, 6.07) is 10.4. The number of hydrogen-bond donors (Lipinski definition) is 0. The molecule has 1 aromatic carbocycles. The predicted molar refractivity (Wildman–Crippen MR) is 88.4 cm³/mol. The number of hydrogen-bond acceptors (Lipinski definition) is 3. The summed E-state index contributed by atoms with van der Waals surface area (Å²) in [5.74, 6) is 0.365. The first-order chi connectivity index (χ1) is 11.6. The molecule has 1 unspecified atom stereocenters. The standard InChI is InChI=1S/C18H19N3O3/c22-18(14-3-1-4-14)20-12-11-19-10-2-5-16(19)17(20)13-6-8-15(9-7-13)21(23)24/h2,5-10,14,17H,1,3-4,11-12H2. The minimum atomic E-state index is -0.398. The first kappa shape index (κ1) is 14.9. The zero-order valence-corrected chi connectivity index (χ0v) is 13.3. The van der Waals surface area contributed by atoms with E-state index in [1.807, 2.05) is 23.2 Å². The van der Waals surface area contributed by atoms with Crippen LogP contribution in [0.3, 0.4) is 0 Å². The van der Waals surface area contributed by atoms with E-state index < -0.39 is 4.92 Å². The van der Waals surface area contributed by atoms with E-state index in [1.54, 1.807) is 12.1 Å². The lowest BCUT2D eigenvalue weighted by Crippen LogP contribution is -2.46. The average Bonchev–Trinajstić information content (AvgIpc) is 3.00. The molecule has 2 aromatic rings. The van der Waals surface area contributed by atoms with E-state index in [0.717, 1.165) is 37.1 Å². The Morgan fingerprint density at radius 2 is 1.88 bits per heavy atom. The molecule has 1 aliphatic heterocycles. The first-order valence-electron chi connectivity index (χ1n) is 8.35. The van der Waals surface area contributed by atoms with Gasteiger partial charge in [0.1, 0.15) is 0 Å².